The van der Waals surface area contributed by atoms with Crippen molar-refractivity contribution in [2.24, 2.45) is 0 Å². The Morgan fingerprint density at radius 2 is 2.00 bits per heavy atom. The molecule has 0 aliphatic carbocycles. The Balaban J connectivity index is 3.24. The molecule has 0 radical (unpaired) electrons. The molecule has 0 spiro atoms. The minimum absolute atomic E-state index is 0.465. The third-order valence-electron chi connectivity index (χ3n) is 1.54. The molecule has 0 amide bonds. The first-order valence-electron chi connectivity index (χ1n) is 3.43. The molecule has 1 heterocycles. The van der Waals surface area contributed by atoms with Crippen LogP contribution >= 0.6 is 11.6 Å². The molecule has 0 aliphatic rings. The van der Waals surface area contributed by atoms with E-state index in [-0.39, 0.29) is 0 Å². The van der Waals surface area contributed by atoms with Crippen LogP contribution in [0.15, 0.2) is 6.20 Å². The number of halogens is 1. The van der Waals surface area contributed by atoms with Crippen LogP contribution in [0.1, 0.15) is 5.69 Å². The molecule has 0 fully saturated rings. The second-order valence-electron chi connectivity index (χ2n) is 2.26. The lowest BCUT2D eigenvalue weighted by atomic mass is 10.3. The number of hydrogen-bond acceptors (Lipinski definition) is 3. The normalized spacial score (nSPS) is 9.67. The molecule has 0 aliphatic heterocycles. The highest BCUT2D eigenvalue weighted by Gasteiger charge is 2.10. The Labute approximate surface area is 76.3 Å². The highest BCUT2D eigenvalue weighted by molar-refractivity contribution is 6.33. The first-order valence-corrected chi connectivity index (χ1v) is 3.81. The van der Waals surface area contributed by atoms with E-state index < -0.39 is 0 Å². The van der Waals surface area contributed by atoms with Gasteiger partial charge >= 0.3 is 0 Å². The second kappa shape index (κ2) is 3.63. The van der Waals surface area contributed by atoms with Crippen LogP contribution in [-0.4, -0.2) is 19.2 Å². The van der Waals surface area contributed by atoms with Crippen molar-refractivity contribution in [2.75, 3.05) is 14.2 Å². The highest BCUT2D eigenvalue weighted by Crippen LogP contribution is 2.34. The molecule has 4 heteroatoms. The van der Waals surface area contributed by atoms with Crippen LogP contribution in [0.5, 0.6) is 11.5 Å². The van der Waals surface area contributed by atoms with Gasteiger partial charge in [0.15, 0.2) is 11.5 Å². The molecule has 3 nitrogen and oxygen atoms in total. The molecule has 0 aromatic carbocycles. The molecule has 66 valence electrons. The Hall–Kier alpha value is -0.960. The summed E-state index contributed by atoms with van der Waals surface area (Å²) in [6, 6.07) is 0. The van der Waals surface area contributed by atoms with E-state index in [0.29, 0.717) is 16.5 Å². The molecule has 0 saturated carbocycles. The van der Waals surface area contributed by atoms with Crippen molar-refractivity contribution >= 4 is 11.6 Å². The van der Waals surface area contributed by atoms with Crippen LogP contribution in [0, 0.1) is 6.92 Å². The first kappa shape index (κ1) is 9.13. The van der Waals surface area contributed by atoms with Gasteiger partial charge in [0.25, 0.3) is 0 Å². The zero-order valence-electron chi connectivity index (χ0n) is 7.22. The zero-order chi connectivity index (χ0) is 9.14. The summed E-state index contributed by atoms with van der Waals surface area (Å²) < 4.78 is 10.0. The summed E-state index contributed by atoms with van der Waals surface area (Å²) in [4.78, 5) is 4.05. The SMILES string of the molecule is COc1cnc(C)c(OC)c1Cl. The predicted octanol–water partition coefficient (Wildman–Crippen LogP) is 2.06. The van der Waals surface area contributed by atoms with Gasteiger partial charge in [0.2, 0.25) is 0 Å². The largest absolute Gasteiger partial charge is 0.493 e. The van der Waals surface area contributed by atoms with Crippen LogP contribution in [-0.2, 0) is 0 Å². The molecular formula is C8H10ClNO2. The van der Waals surface area contributed by atoms with Crippen LogP contribution in [0.3, 0.4) is 0 Å². The lowest BCUT2D eigenvalue weighted by molar-refractivity contribution is 0.389. The summed E-state index contributed by atoms with van der Waals surface area (Å²) in [6.45, 7) is 1.82. The zero-order valence-corrected chi connectivity index (χ0v) is 7.97. The summed E-state index contributed by atoms with van der Waals surface area (Å²) in [7, 11) is 3.09. The summed E-state index contributed by atoms with van der Waals surface area (Å²) in [5, 5.41) is 0.465. The van der Waals surface area contributed by atoms with E-state index in [4.69, 9.17) is 21.1 Å². The van der Waals surface area contributed by atoms with E-state index in [1.807, 2.05) is 6.92 Å². The molecule has 1 rings (SSSR count). The van der Waals surface area contributed by atoms with Crippen molar-refractivity contribution in [3.05, 3.63) is 16.9 Å². The standard InChI is InChI=1S/C8H10ClNO2/c1-5-8(12-3)7(9)6(11-2)4-10-5/h4H,1-3H3. The number of pyridine rings is 1. The van der Waals surface area contributed by atoms with Gasteiger partial charge in [-0.05, 0) is 6.92 Å². The van der Waals surface area contributed by atoms with Gasteiger partial charge in [-0.1, -0.05) is 11.6 Å². The molecule has 0 N–H and O–H groups in total. The van der Waals surface area contributed by atoms with Crippen molar-refractivity contribution in [3.63, 3.8) is 0 Å². The monoisotopic (exact) mass is 187 g/mol. The predicted molar refractivity (Wildman–Crippen MR) is 47.1 cm³/mol. The maximum Gasteiger partial charge on any atom is 0.162 e. The third kappa shape index (κ3) is 1.46. The molecule has 1 aromatic rings. The van der Waals surface area contributed by atoms with Crippen LogP contribution in [0.2, 0.25) is 5.02 Å². The number of aromatic nitrogens is 1. The Morgan fingerprint density at radius 3 is 2.50 bits per heavy atom. The van der Waals surface area contributed by atoms with E-state index in [9.17, 15) is 0 Å². The summed E-state index contributed by atoms with van der Waals surface area (Å²) in [5.74, 6) is 1.09. The van der Waals surface area contributed by atoms with Crippen molar-refractivity contribution in [3.8, 4) is 11.5 Å². The quantitative estimate of drug-likeness (QED) is 0.710. The van der Waals surface area contributed by atoms with Gasteiger partial charge in [0.1, 0.15) is 5.02 Å². The van der Waals surface area contributed by atoms with E-state index in [0.717, 1.165) is 5.69 Å². The van der Waals surface area contributed by atoms with E-state index in [2.05, 4.69) is 4.98 Å². The fourth-order valence-electron chi connectivity index (χ4n) is 0.921. The van der Waals surface area contributed by atoms with Crippen molar-refractivity contribution < 1.29 is 9.47 Å². The minimum atomic E-state index is 0.465. The summed E-state index contributed by atoms with van der Waals surface area (Å²) in [5.41, 5.74) is 0.753. The lowest BCUT2D eigenvalue weighted by Gasteiger charge is -2.08. The maximum absolute atomic E-state index is 5.92. The second-order valence-corrected chi connectivity index (χ2v) is 2.64. The molecule has 0 unspecified atom stereocenters. The Bertz CT molecular complexity index is 289. The van der Waals surface area contributed by atoms with Gasteiger partial charge in [0.05, 0.1) is 26.1 Å². The molecular weight excluding hydrogens is 178 g/mol. The van der Waals surface area contributed by atoms with Gasteiger partial charge in [-0.25, -0.2) is 0 Å². The van der Waals surface area contributed by atoms with Crippen LogP contribution in [0.4, 0.5) is 0 Å². The van der Waals surface area contributed by atoms with Gasteiger partial charge in [0, 0.05) is 0 Å². The van der Waals surface area contributed by atoms with E-state index in [1.54, 1.807) is 13.3 Å². The molecule has 0 bridgehead atoms. The van der Waals surface area contributed by atoms with E-state index >= 15 is 0 Å². The number of ether oxygens (including phenoxy) is 2. The van der Waals surface area contributed by atoms with Gasteiger partial charge < -0.3 is 9.47 Å². The van der Waals surface area contributed by atoms with Crippen molar-refractivity contribution in [1.82, 2.24) is 4.98 Å². The number of hydrogen-bond donors (Lipinski definition) is 0. The van der Waals surface area contributed by atoms with E-state index in [1.165, 1.54) is 7.11 Å². The molecule has 0 atom stereocenters. The Morgan fingerprint density at radius 1 is 1.33 bits per heavy atom. The number of methoxy groups -OCH3 is 2. The van der Waals surface area contributed by atoms with Crippen molar-refractivity contribution in [2.45, 2.75) is 6.92 Å². The molecule has 1 aromatic heterocycles. The van der Waals surface area contributed by atoms with Crippen LogP contribution < -0.4 is 9.47 Å². The lowest BCUT2D eigenvalue weighted by Crippen LogP contribution is -1.94. The molecule has 0 saturated heterocycles. The van der Waals surface area contributed by atoms with Gasteiger partial charge in [-0.15, -0.1) is 0 Å². The average molecular weight is 188 g/mol. The van der Waals surface area contributed by atoms with Crippen LogP contribution in [0.25, 0.3) is 0 Å². The van der Waals surface area contributed by atoms with Gasteiger partial charge in [-0.2, -0.15) is 0 Å². The van der Waals surface area contributed by atoms with Crippen molar-refractivity contribution in [1.29, 1.82) is 0 Å². The number of rotatable bonds is 2. The van der Waals surface area contributed by atoms with Gasteiger partial charge in [-0.3, -0.25) is 4.98 Å². The number of aryl methyl sites for hydroxylation is 1. The molecule has 12 heavy (non-hydrogen) atoms. The number of nitrogens with zero attached hydrogens (tertiary/aromatic N) is 1. The highest BCUT2D eigenvalue weighted by atomic mass is 35.5. The fraction of sp³-hybridized carbons (Fsp3) is 0.375. The average Bonchev–Trinajstić information content (AvgIpc) is 2.06. The first-order chi connectivity index (χ1) is 5.70. The topological polar surface area (TPSA) is 31.4 Å². The third-order valence-corrected chi connectivity index (χ3v) is 1.90. The maximum atomic E-state index is 5.92. The smallest absolute Gasteiger partial charge is 0.162 e. The Kier molecular flexibility index (Phi) is 2.76. The minimum Gasteiger partial charge on any atom is -0.493 e. The fourth-order valence-corrected chi connectivity index (χ4v) is 1.26. The summed E-state index contributed by atoms with van der Waals surface area (Å²) in [6.07, 6.45) is 1.57. The summed E-state index contributed by atoms with van der Waals surface area (Å²) >= 11 is 5.92.